The van der Waals surface area contributed by atoms with Crippen LogP contribution in [-0.4, -0.2) is 5.60 Å². The Morgan fingerprint density at radius 2 is 2.14 bits per heavy atom. The van der Waals surface area contributed by atoms with Gasteiger partial charge >= 0.3 is 0 Å². The maximum Gasteiger partial charge on any atom is 0.123 e. The average molecular weight is 211 g/mol. The molecule has 0 saturated carbocycles. The van der Waals surface area contributed by atoms with Crippen LogP contribution in [0.3, 0.4) is 0 Å². The van der Waals surface area contributed by atoms with Crippen molar-refractivity contribution in [3.8, 4) is 5.75 Å². The molecule has 0 aliphatic carbocycles. The molecular formula is C12H15ClO. The average Bonchev–Trinajstić information content (AvgIpc) is 2.08. The Morgan fingerprint density at radius 3 is 2.86 bits per heavy atom. The Labute approximate surface area is 90.0 Å². The Bertz CT molecular complexity index is 357. The molecule has 1 aromatic rings. The third-order valence-corrected chi connectivity index (χ3v) is 3.34. The smallest absolute Gasteiger partial charge is 0.123 e. The molecule has 1 atom stereocenters. The zero-order valence-electron chi connectivity index (χ0n) is 8.80. The summed E-state index contributed by atoms with van der Waals surface area (Å²) in [6.07, 6.45) is 1.04. The molecule has 0 spiro atoms. The van der Waals surface area contributed by atoms with Crippen LogP contribution in [0.4, 0.5) is 0 Å². The van der Waals surface area contributed by atoms with E-state index in [0.717, 1.165) is 17.2 Å². The molecule has 0 aromatic heterocycles. The molecular weight excluding hydrogens is 196 g/mol. The van der Waals surface area contributed by atoms with Gasteiger partial charge in [-0.2, -0.15) is 0 Å². The summed E-state index contributed by atoms with van der Waals surface area (Å²) in [6.45, 7) is 6.48. The monoisotopic (exact) mass is 210 g/mol. The van der Waals surface area contributed by atoms with Gasteiger partial charge in [0, 0.05) is 5.02 Å². The molecule has 14 heavy (non-hydrogen) atoms. The molecule has 0 bridgehead atoms. The van der Waals surface area contributed by atoms with Gasteiger partial charge in [-0.3, -0.25) is 0 Å². The fourth-order valence-electron chi connectivity index (χ4n) is 1.77. The molecule has 1 aliphatic heterocycles. The van der Waals surface area contributed by atoms with E-state index in [4.69, 9.17) is 16.3 Å². The van der Waals surface area contributed by atoms with Crippen molar-refractivity contribution >= 4 is 11.6 Å². The third kappa shape index (κ3) is 1.61. The SMILES string of the molecule is CC1Cc2cc(Cl)ccc2OC1(C)C. The Morgan fingerprint density at radius 1 is 1.43 bits per heavy atom. The minimum Gasteiger partial charge on any atom is -0.487 e. The maximum absolute atomic E-state index is 5.94. The molecule has 2 rings (SSSR count). The Balaban J connectivity index is 2.41. The predicted molar refractivity (Wildman–Crippen MR) is 59.0 cm³/mol. The van der Waals surface area contributed by atoms with Crippen LogP contribution >= 0.6 is 11.6 Å². The van der Waals surface area contributed by atoms with Gasteiger partial charge in [-0.25, -0.2) is 0 Å². The molecule has 1 heterocycles. The first-order valence-electron chi connectivity index (χ1n) is 4.96. The van der Waals surface area contributed by atoms with Crippen molar-refractivity contribution in [3.05, 3.63) is 28.8 Å². The molecule has 0 N–H and O–H groups in total. The molecule has 0 fully saturated rings. The molecule has 0 saturated heterocycles. The van der Waals surface area contributed by atoms with E-state index >= 15 is 0 Å². The van der Waals surface area contributed by atoms with Crippen molar-refractivity contribution in [2.75, 3.05) is 0 Å². The number of hydrogen-bond acceptors (Lipinski definition) is 1. The van der Waals surface area contributed by atoms with Crippen molar-refractivity contribution < 1.29 is 4.74 Å². The summed E-state index contributed by atoms with van der Waals surface area (Å²) in [4.78, 5) is 0. The second kappa shape index (κ2) is 3.16. The standard InChI is InChI=1S/C12H15ClO/c1-8-6-9-7-10(13)4-5-11(9)14-12(8,2)3/h4-5,7-8H,6H2,1-3H3. The van der Waals surface area contributed by atoms with Crippen LogP contribution in [-0.2, 0) is 6.42 Å². The highest BCUT2D eigenvalue weighted by atomic mass is 35.5. The van der Waals surface area contributed by atoms with Crippen LogP contribution in [0.5, 0.6) is 5.75 Å². The zero-order valence-corrected chi connectivity index (χ0v) is 9.56. The predicted octanol–water partition coefficient (Wildman–Crippen LogP) is 3.69. The maximum atomic E-state index is 5.94. The zero-order chi connectivity index (χ0) is 10.3. The lowest BCUT2D eigenvalue weighted by Crippen LogP contribution is -2.40. The minimum atomic E-state index is -0.0686. The van der Waals surface area contributed by atoms with Crippen LogP contribution in [0, 0.1) is 5.92 Å². The van der Waals surface area contributed by atoms with E-state index in [-0.39, 0.29) is 5.60 Å². The van der Waals surface area contributed by atoms with E-state index in [1.54, 1.807) is 0 Å². The summed E-state index contributed by atoms with van der Waals surface area (Å²) in [5.41, 5.74) is 1.16. The van der Waals surface area contributed by atoms with Crippen molar-refractivity contribution in [1.29, 1.82) is 0 Å². The lowest BCUT2D eigenvalue weighted by atomic mass is 9.84. The van der Waals surface area contributed by atoms with Gasteiger partial charge in [-0.05, 0) is 49.9 Å². The number of fused-ring (bicyclic) bond motifs is 1. The summed E-state index contributed by atoms with van der Waals surface area (Å²) in [6, 6.07) is 5.85. The van der Waals surface area contributed by atoms with E-state index in [2.05, 4.69) is 20.8 Å². The highest BCUT2D eigenvalue weighted by Crippen LogP contribution is 2.37. The molecule has 2 heteroatoms. The van der Waals surface area contributed by atoms with E-state index < -0.39 is 0 Å². The van der Waals surface area contributed by atoms with Gasteiger partial charge in [0.15, 0.2) is 0 Å². The van der Waals surface area contributed by atoms with Crippen molar-refractivity contribution in [1.82, 2.24) is 0 Å². The van der Waals surface area contributed by atoms with Crippen molar-refractivity contribution in [2.45, 2.75) is 32.8 Å². The number of ether oxygens (including phenoxy) is 1. The summed E-state index contributed by atoms with van der Waals surface area (Å²) >= 11 is 5.94. The molecule has 1 aliphatic rings. The fraction of sp³-hybridized carbons (Fsp3) is 0.500. The van der Waals surface area contributed by atoms with Crippen LogP contribution < -0.4 is 4.74 Å². The van der Waals surface area contributed by atoms with Gasteiger partial charge in [-0.15, -0.1) is 0 Å². The molecule has 0 amide bonds. The number of hydrogen-bond donors (Lipinski definition) is 0. The van der Waals surface area contributed by atoms with E-state index in [0.29, 0.717) is 5.92 Å². The second-order valence-electron chi connectivity index (χ2n) is 4.56. The minimum absolute atomic E-state index is 0.0686. The quantitative estimate of drug-likeness (QED) is 0.635. The van der Waals surface area contributed by atoms with Gasteiger partial charge in [-0.1, -0.05) is 18.5 Å². The molecule has 0 radical (unpaired) electrons. The van der Waals surface area contributed by atoms with Crippen LogP contribution in [0.2, 0.25) is 5.02 Å². The van der Waals surface area contributed by atoms with E-state index in [1.807, 2.05) is 18.2 Å². The molecule has 1 aromatic carbocycles. The van der Waals surface area contributed by atoms with Crippen LogP contribution in [0.25, 0.3) is 0 Å². The normalized spacial score (nSPS) is 23.9. The molecule has 1 nitrogen and oxygen atoms in total. The Kier molecular flexibility index (Phi) is 2.23. The van der Waals surface area contributed by atoms with Crippen LogP contribution in [0.1, 0.15) is 26.3 Å². The lowest BCUT2D eigenvalue weighted by Gasteiger charge is -2.38. The molecule has 76 valence electrons. The highest BCUT2D eigenvalue weighted by Gasteiger charge is 2.33. The summed E-state index contributed by atoms with van der Waals surface area (Å²) in [5, 5.41) is 0.791. The van der Waals surface area contributed by atoms with Gasteiger partial charge in [0.2, 0.25) is 0 Å². The first-order valence-corrected chi connectivity index (χ1v) is 5.34. The summed E-state index contributed by atoms with van der Waals surface area (Å²) < 4.78 is 5.93. The second-order valence-corrected chi connectivity index (χ2v) is 5.00. The Hall–Kier alpha value is -0.690. The van der Waals surface area contributed by atoms with Crippen LogP contribution in [0.15, 0.2) is 18.2 Å². The third-order valence-electron chi connectivity index (χ3n) is 3.11. The number of benzene rings is 1. The van der Waals surface area contributed by atoms with E-state index in [9.17, 15) is 0 Å². The first-order chi connectivity index (χ1) is 6.49. The van der Waals surface area contributed by atoms with Gasteiger partial charge in [0.25, 0.3) is 0 Å². The largest absolute Gasteiger partial charge is 0.487 e. The fourth-order valence-corrected chi connectivity index (χ4v) is 1.96. The topological polar surface area (TPSA) is 9.23 Å². The van der Waals surface area contributed by atoms with Crippen molar-refractivity contribution in [2.24, 2.45) is 5.92 Å². The van der Waals surface area contributed by atoms with Gasteiger partial charge < -0.3 is 4.74 Å². The molecule has 1 unspecified atom stereocenters. The van der Waals surface area contributed by atoms with Gasteiger partial charge in [0.05, 0.1) is 0 Å². The van der Waals surface area contributed by atoms with Gasteiger partial charge in [0.1, 0.15) is 11.4 Å². The lowest BCUT2D eigenvalue weighted by molar-refractivity contribution is 0.0355. The summed E-state index contributed by atoms with van der Waals surface area (Å²) in [7, 11) is 0. The number of rotatable bonds is 0. The summed E-state index contributed by atoms with van der Waals surface area (Å²) in [5.74, 6) is 1.51. The number of halogens is 1. The first kappa shape index (κ1) is 9.85. The van der Waals surface area contributed by atoms with E-state index in [1.165, 1.54) is 5.56 Å². The highest BCUT2D eigenvalue weighted by molar-refractivity contribution is 6.30. The van der Waals surface area contributed by atoms with Crippen molar-refractivity contribution in [3.63, 3.8) is 0 Å².